The Hall–Kier alpha value is -6.90. The van der Waals surface area contributed by atoms with Crippen LogP contribution in [0.4, 0.5) is 26.3 Å². The summed E-state index contributed by atoms with van der Waals surface area (Å²) in [6, 6.07) is 31.3. The first-order chi connectivity index (χ1) is 33.8. The number of phenols is 2. The molecule has 0 saturated carbocycles. The van der Waals surface area contributed by atoms with Gasteiger partial charge in [-0.05, 0) is 132 Å². The van der Waals surface area contributed by atoms with Gasteiger partial charge in [-0.15, -0.1) is 0 Å². The lowest BCUT2D eigenvalue weighted by Crippen LogP contribution is -2.49. The van der Waals surface area contributed by atoms with Crippen molar-refractivity contribution >= 4 is 22.3 Å². The molecule has 6 aromatic carbocycles. The lowest BCUT2D eigenvalue weighted by atomic mass is 9.86. The van der Waals surface area contributed by atoms with Crippen molar-refractivity contribution < 1.29 is 55.5 Å². The third-order valence-corrected chi connectivity index (χ3v) is 13.1. The number of rotatable bonds is 14. The van der Waals surface area contributed by atoms with Crippen molar-refractivity contribution in [3.05, 3.63) is 178 Å². The summed E-state index contributed by atoms with van der Waals surface area (Å²) >= 11 is 0. The topological polar surface area (TPSA) is 83.9 Å². The van der Waals surface area contributed by atoms with E-state index in [0.29, 0.717) is 69.6 Å². The van der Waals surface area contributed by atoms with Crippen molar-refractivity contribution in [3.8, 4) is 34.5 Å². The van der Waals surface area contributed by atoms with Crippen LogP contribution in [0, 0.1) is 35.1 Å². The Morgan fingerprint density at radius 3 is 1.20 bits per heavy atom. The van der Waals surface area contributed by atoms with E-state index in [-0.39, 0.29) is 36.7 Å². The minimum absolute atomic E-state index is 0.0786. The average molecular weight is 963 g/mol. The lowest BCUT2D eigenvalue weighted by molar-refractivity contribution is 0.0668. The number of nitrogens with zero attached hydrogens (tertiary/aromatic N) is 2. The number of alkyl halides is 2. The van der Waals surface area contributed by atoms with E-state index in [0.717, 1.165) is 73.7 Å². The van der Waals surface area contributed by atoms with E-state index >= 15 is 0 Å². The van der Waals surface area contributed by atoms with E-state index in [4.69, 9.17) is 18.9 Å². The van der Waals surface area contributed by atoms with Gasteiger partial charge in [0.25, 0.3) is 0 Å². The molecule has 4 aliphatic rings. The highest BCUT2D eigenvalue weighted by atomic mass is 19.2. The predicted molar refractivity (Wildman–Crippen MR) is 256 cm³/mol. The normalized spacial score (nSPS) is 18.1. The molecule has 2 N–H and O–H groups in total. The molecule has 0 aromatic heterocycles. The van der Waals surface area contributed by atoms with Gasteiger partial charge in [0.15, 0.2) is 0 Å². The highest BCUT2D eigenvalue weighted by Gasteiger charge is 2.33. The Kier molecular flexibility index (Phi) is 14.4. The molecule has 0 radical (unpaired) electrons. The van der Waals surface area contributed by atoms with E-state index in [9.17, 15) is 36.6 Å². The number of ether oxygens (including phenoxy) is 4. The van der Waals surface area contributed by atoms with Crippen LogP contribution in [0.1, 0.15) is 59.4 Å². The Bertz CT molecular complexity index is 2660. The largest absolute Gasteiger partial charge is 0.508 e. The first kappa shape index (κ1) is 48.1. The summed E-state index contributed by atoms with van der Waals surface area (Å²) in [6.07, 6.45) is -1.22. The summed E-state index contributed by atoms with van der Waals surface area (Å²) < 4.78 is 106. The standard InChI is InChI=1S/2C28H26F3NO3/c2*1-17-25-13-23(33)4-7-26(25)35-28(27(17)20-10-21(30)12-22(31)11-20)19-2-5-24(6-3-19)34-9-8-32-15-18(14-29)16-32/h2*2-7,10-13,18,28,33H,8-9,14-16H2,1H3/t2*28-/m10/s1. The molecule has 0 unspecified atom stereocenters. The molecule has 2 fully saturated rings. The molecule has 8 nitrogen and oxygen atoms in total. The number of allylic oxidation sites excluding steroid dienone is 2. The molecular weight excluding hydrogens is 911 g/mol. The zero-order valence-electron chi connectivity index (χ0n) is 38.6. The molecule has 4 heterocycles. The number of aromatic hydroxyl groups is 2. The molecule has 0 aliphatic carbocycles. The first-order valence-electron chi connectivity index (χ1n) is 23.2. The second kappa shape index (κ2) is 21.0. The van der Waals surface area contributed by atoms with Crippen LogP contribution < -0.4 is 18.9 Å². The summed E-state index contributed by atoms with van der Waals surface area (Å²) in [6.45, 7) is 8.73. The quantitative estimate of drug-likeness (QED) is 0.104. The number of likely N-dealkylation sites (tertiary alicyclic amines) is 2. The Labute approximate surface area is 402 Å². The SMILES string of the molecule is CC1=C(c2cc(F)cc(F)c2)[C@@H](c2ccc(OCCN3CC(CF)C3)cc2)Oc2ccc(O)cc21.CC1=C(c2cc(F)cc(F)c2)[C@H](c2ccc(OCCN3CC(CF)C3)cc2)Oc2ccc(O)cc21. The minimum Gasteiger partial charge on any atom is -0.508 e. The second-order valence-corrected chi connectivity index (χ2v) is 18.1. The Morgan fingerprint density at radius 1 is 0.500 bits per heavy atom. The molecule has 70 heavy (non-hydrogen) atoms. The van der Waals surface area contributed by atoms with Crippen molar-refractivity contribution in [1.82, 2.24) is 9.80 Å². The summed E-state index contributed by atoms with van der Waals surface area (Å²) in [5, 5.41) is 20.0. The number of hydrogen-bond acceptors (Lipinski definition) is 8. The van der Waals surface area contributed by atoms with Crippen LogP contribution >= 0.6 is 0 Å². The van der Waals surface area contributed by atoms with Crippen molar-refractivity contribution in [3.63, 3.8) is 0 Å². The third kappa shape index (κ3) is 10.8. The van der Waals surface area contributed by atoms with Crippen LogP contribution in [0.2, 0.25) is 0 Å². The highest BCUT2D eigenvalue weighted by Crippen LogP contribution is 2.49. The molecule has 0 amide bonds. The van der Waals surface area contributed by atoms with Gasteiger partial charge in [0.1, 0.15) is 83.2 Å². The van der Waals surface area contributed by atoms with E-state index in [1.54, 1.807) is 36.4 Å². The van der Waals surface area contributed by atoms with Gasteiger partial charge >= 0.3 is 0 Å². The Morgan fingerprint density at radius 2 is 0.857 bits per heavy atom. The van der Waals surface area contributed by atoms with Crippen LogP contribution in [0.25, 0.3) is 22.3 Å². The second-order valence-electron chi connectivity index (χ2n) is 18.1. The summed E-state index contributed by atoms with van der Waals surface area (Å²) in [7, 11) is 0. The fraction of sp³-hybridized carbons (Fsp3) is 0.286. The van der Waals surface area contributed by atoms with Crippen molar-refractivity contribution in [2.75, 3.05) is 65.8 Å². The molecular formula is C56H52F6N2O6. The summed E-state index contributed by atoms with van der Waals surface area (Å²) in [5.41, 5.74) is 6.44. The molecule has 14 heteroatoms. The van der Waals surface area contributed by atoms with Gasteiger partial charge in [0.2, 0.25) is 0 Å². The fourth-order valence-electron chi connectivity index (χ4n) is 9.48. The molecule has 4 aliphatic heterocycles. The molecule has 2 atom stereocenters. The van der Waals surface area contributed by atoms with Crippen molar-refractivity contribution in [2.45, 2.75) is 26.1 Å². The van der Waals surface area contributed by atoms with Gasteiger partial charge in [-0.25, -0.2) is 17.6 Å². The predicted octanol–water partition coefficient (Wildman–Crippen LogP) is 12.0. The molecule has 364 valence electrons. The zero-order chi connectivity index (χ0) is 49.1. The van der Waals surface area contributed by atoms with E-state index in [1.165, 1.54) is 24.3 Å². The Balaban J connectivity index is 0.000000174. The van der Waals surface area contributed by atoms with E-state index in [1.807, 2.05) is 62.4 Å². The molecule has 0 spiro atoms. The minimum atomic E-state index is -0.676. The van der Waals surface area contributed by atoms with E-state index < -0.39 is 35.5 Å². The average Bonchev–Trinajstić information content (AvgIpc) is 3.30. The van der Waals surface area contributed by atoms with E-state index in [2.05, 4.69) is 9.80 Å². The molecule has 6 aromatic rings. The van der Waals surface area contributed by atoms with Gasteiger partial charge in [-0.3, -0.25) is 18.6 Å². The number of phenolic OH excluding ortho intramolecular Hbond substituents is 2. The van der Waals surface area contributed by atoms with Crippen LogP contribution in [0.3, 0.4) is 0 Å². The maximum Gasteiger partial charge on any atom is 0.150 e. The maximum absolute atomic E-state index is 14.1. The van der Waals surface area contributed by atoms with Crippen molar-refractivity contribution in [2.24, 2.45) is 11.8 Å². The smallest absolute Gasteiger partial charge is 0.150 e. The summed E-state index contributed by atoms with van der Waals surface area (Å²) in [5.74, 6) is 0.285. The lowest BCUT2D eigenvalue weighted by Gasteiger charge is -2.37. The zero-order valence-corrected chi connectivity index (χ0v) is 38.6. The first-order valence-corrected chi connectivity index (χ1v) is 23.2. The van der Waals surface area contributed by atoms with Crippen LogP contribution in [0.15, 0.2) is 121 Å². The van der Waals surface area contributed by atoms with Gasteiger partial charge in [0, 0.05) is 85.5 Å². The molecule has 0 bridgehead atoms. The van der Waals surface area contributed by atoms with Crippen LogP contribution in [-0.2, 0) is 0 Å². The number of halogens is 6. The third-order valence-electron chi connectivity index (χ3n) is 13.1. The molecule has 2 saturated heterocycles. The van der Waals surface area contributed by atoms with Gasteiger partial charge in [-0.1, -0.05) is 24.3 Å². The fourth-order valence-corrected chi connectivity index (χ4v) is 9.48. The number of hydrogen-bond donors (Lipinski definition) is 2. The summed E-state index contributed by atoms with van der Waals surface area (Å²) in [4.78, 5) is 4.31. The van der Waals surface area contributed by atoms with Gasteiger partial charge in [-0.2, -0.15) is 0 Å². The highest BCUT2D eigenvalue weighted by molar-refractivity contribution is 5.97. The number of fused-ring (bicyclic) bond motifs is 2. The van der Waals surface area contributed by atoms with Gasteiger partial charge < -0.3 is 29.2 Å². The maximum atomic E-state index is 14.1. The molecule has 10 rings (SSSR count). The van der Waals surface area contributed by atoms with Crippen LogP contribution in [-0.4, -0.2) is 85.8 Å². The monoisotopic (exact) mass is 962 g/mol. The van der Waals surface area contributed by atoms with Gasteiger partial charge in [0.05, 0.1) is 13.3 Å². The van der Waals surface area contributed by atoms with Crippen molar-refractivity contribution in [1.29, 1.82) is 0 Å². The van der Waals surface area contributed by atoms with Crippen LogP contribution in [0.5, 0.6) is 34.5 Å². The number of benzene rings is 6.